The Bertz CT molecular complexity index is 604. The van der Waals surface area contributed by atoms with Gasteiger partial charge >= 0.3 is 0 Å². The lowest BCUT2D eigenvalue weighted by molar-refractivity contribution is 0.627. The summed E-state index contributed by atoms with van der Waals surface area (Å²) in [5.74, 6) is 0. The van der Waals surface area contributed by atoms with Gasteiger partial charge in [0.25, 0.3) is 0 Å². The average Bonchev–Trinajstić information content (AvgIpc) is 2.43. The third-order valence-corrected chi connectivity index (χ3v) is 4.89. The van der Waals surface area contributed by atoms with Crippen LogP contribution in [0.2, 0.25) is 0 Å². The molecule has 0 spiro atoms. The lowest BCUT2D eigenvalue weighted by Crippen LogP contribution is -2.22. The minimum atomic E-state index is 0.230. The Labute approximate surface area is 130 Å². The van der Waals surface area contributed by atoms with Crippen molar-refractivity contribution in [1.29, 1.82) is 0 Å². The molecule has 1 N–H and O–H groups in total. The van der Waals surface area contributed by atoms with Crippen LogP contribution in [0.3, 0.4) is 0 Å². The summed E-state index contributed by atoms with van der Waals surface area (Å²) in [5.41, 5.74) is 6.58. The zero-order valence-corrected chi connectivity index (χ0v) is 14.2. The van der Waals surface area contributed by atoms with Crippen LogP contribution in [-0.2, 0) is 0 Å². The highest BCUT2D eigenvalue weighted by Crippen LogP contribution is 2.31. The van der Waals surface area contributed by atoms with Gasteiger partial charge in [0.2, 0.25) is 0 Å². The Kier molecular flexibility index (Phi) is 5.00. The summed E-state index contributed by atoms with van der Waals surface area (Å²) in [5, 5.41) is 3.60. The highest BCUT2D eigenvalue weighted by molar-refractivity contribution is 9.10. The molecule has 0 amide bonds. The molecule has 2 aromatic carbocycles. The fourth-order valence-corrected chi connectivity index (χ4v) is 2.94. The van der Waals surface area contributed by atoms with Crippen molar-refractivity contribution >= 4 is 15.9 Å². The number of nitrogens with one attached hydrogen (secondary N) is 1. The van der Waals surface area contributed by atoms with Crippen molar-refractivity contribution in [2.24, 2.45) is 0 Å². The van der Waals surface area contributed by atoms with Crippen LogP contribution in [0.5, 0.6) is 0 Å². The van der Waals surface area contributed by atoms with Crippen molar-refractivity contribution in [3.05, 3.63) is 68.7 Å². The van der Waals surface area contributed by atoms with E-state index in [0.717, 1.165) is 6.54 Å². The molecule has 20 heavy (non-hydrogen) atoms. The summed E-state index contributed by atoms with van der Waals surface area (Å²) < 4.78 is 1.20. The third kappa shape index (κ3) is 3.13. The van der Waals surface area contributed by atoms with Gasteiger partial charge in [-0.1, -0.05) is 59.3 Å². The predicted octanol–water partition coefficient (Wildman–Crippen LogP) is 5.07. The molecule has 0 saturated heterocycles. The molecule has 2 rings (SSSR count). The summed E-state index contributed by atoms with van der Waals surface area (Å²) in [6.45, 7) is 9.56. The van der Waals surface area contributed by atoms with Gasteiger partial charge in [-0.3, -0.25) is 0 Å². The maximum absolute atomic E-state index is 3.74. The van der Waals surface area contributed by atoms with Crippen LogP contribution in [0, 0.1) is 20.8 Å². The van der Waals surface area contributed by atoms with Crippen LogP contribution >= 0.6 is 15.9 Å². The predicted molar refractivity (Wildman–Crippen MR) is 90.3 cm³/mol. The molecule has 0 aromatic heterocycles. The van der Waals surface area contributed by atoms with E-state index in [2.05, 4.69) is 85.3 Å². The van der Waals surface area contributed by atoms with E-state index in [0.29, 0.717) is 0 Å². The monoisotopic (exact) mass is 331 g/mol. The second-order valence-electron chi connectivity index (χ2n) is 5.31. The minimum absolute atomic E-state index is 0.230. The second-order valence-corrected chi connectivity index (χ2v) is 6.11. The summed E-state index contributed by atoms with van der Waals surface area (Å²) in [6.07, 6.45) is 0. The zero-order valence-electron chi connectivity index (χ0n) is 12.6. The van der Waals surface area contributed by atoms with E-state index in [1.807, 2.05) is 0 Å². The van der Waals surface area contributed by atoms with Gasteiger partial charge in [-0.15, -0.1) is 0 Å². The first-order valence-corrected chi connectivity index (χ1v) is 7.89. The summed E-state index contributed by atoms with van der Waals surface area (Å²) >= 11 is 3.74. The summed E-state index contributed by atoms with van der Waals surface area (Å²) in [4.78, 5) is 0. The van der Waals surface area contributed by atoms with Gasteiger partial charge in [-0.05, 0) is 55.1 Å². The van der Waals surface area contributed by atoms with Gasteiger partial charge in [-0.25, -0.2) is 0 Å². The van der Waals surface area contributed by atoms with E-state index in [1.165, 1.54) is 32.3 Å². The highest BCUT2D eigenvalue weighted by atomic mass is 79.9. The molecule has 2 heteroatoms. The fourth-order valence-electron chi connectivity index (χ4n) is 2.45. The Hall–Kier alpha value is -1.12. The molecular weight excluding hydrogens is 310 g/mol. The molecule has 1 nitrogen and oxygen atoms in total. The highest BCUT2D eigenvalue weighted by Gasteiger charge is 2.17. The SMILES string of the molecule is CCNC(c1ccc(C)c(C)c1)c1cccc(C)c1Br. The summed E-state index contributed by atoms with van der Waals surface area (Å²) in [7, 11) is 0. The van der Waals surface area contributed by atoms with E-state index in [9.17, 15) is 0 Å². The molecule has 0 aliphatic carbocycles. The molecule has 2 aromatic rings. The fraction of sp³-hybridized carbons (Fsp3) is 0.333. The first-order valence-electron chi connectivity index (χ1n) is 7.10. The number of hydrogen-bond donors (Lipinski definition) is 1. The lowest BCUT2D eigenvalue weighted by atomic mass is 9.94. The van der Waals surface area contributed by atoms with Crippen LogP contribution in [0.4, 0.5) is 0 Å². The van der Waals surface area contributed by atoms with Gasteiger partial charge in [0.1, 0.15) is 0 Å². The number of rotatable bonds is 4. The minimum Gasteiger partial charge on any atom is -0.306 e. The maximum atomic E-state index is 3.74. The average molecular weight is 332 g/mol. The molecular formula is C18H22BrN. The van der Waals surface area contributed by atoms with E-state index >= 15 is 0 Å². The summed E-state index contributed by atoms with van der Waals surface area (Å²) in [6, 6.07) is 13.4. The van der Waals surface area contributed by atoms with Crippen LogP contribution in [-0.4, -0.2) is 6.54 Å². The lowest BCUT2D eigenvalue weighted by Gasteiger charge is -2.22. The maximum Gasteiger partial charge on any atom is 0.0587 e. The molecule has 1 atom stereocenters. The van der Waals surface area contributed by atoms with Crippen LogP contribution in [0.15, 0.2) is 40.9 Å². The standard InChI is InChI=1S/C18H22BrN/c1-5-20-18(15-10-9-12(2)14(4)11-15)16-8-6-7-13(3)17(16)19/h6-11,18,20H,5H2,1-4H3. The second kappa shape index (κ2) is 6.55. The van der Waals surface area contributed by atoms with E-state index in [-0.39, 0.29) is 6.04 Å². The van der Waals surface area contributed by atoms with Crippen LogP contribution in [0.1, 0.15) is 40.8 Å². The van der Waals surface area contributed by atoms with E-state index in [4.69, 9.17) is 0 Å². The molecule has 0 saturated carbocycles. The Morgan fingerprint density at radius 3 is 2.40 bits per heavy atom. The van der Waals surface area contributed by atoms with Gasteiger partial charge in [0.15, 0.2) is 0 Å². The van der Waals surface area contributed by atoms with Gasteiger partial charge in [-0.2, -0.15) is 0 Å². The normalized spacial score (nSPS) is 12.4. The number of hydrogen-bond acceptors (Lipinski definition) is 1. The molecule has 0 fully saturated rings. The van der Waals surface area contributed by atoms with E-state index < -0.39 is 0 Å². The largest absolute Gasteiger partial charge is 0.306 e. The Morgan fingerprint density at radius 2 is 1.75 bits per heavy atom. The Morgan fingerprint density at radius 1 is 1.00 bits per heavy atom. The quantitative estimate of drug-likeness (QED) is 0.824. The molecule has 0 heterocycles. The zero-order chi connectivity index (χ0) is 14.7. The number of aryl methyl sites for hydroxylation is 3. The molecule has 0 aliphatic heterocycles. The van der Waals surface area contributed by atoms with Crippen LogP contribution < -0.4 is 5.32 Å². The van der Waals surface area contributed by atoms with Crippen molar-refractivity contribution in [2.75, 3.05) is 6.54 Å². The van der Waals surface area contributed by atoms with Gasteiger partial charge in [0, 0.05) is 4.47 Å². The van der Waals surface area contributed by atoms with Crippen molar-refractivity contribution in [3.8, 4) is 0 Å². The Balaban J connectivity index is 2.50. The molecule has 106 valence electrons. The van der Waals surface area contributed by atoms with Crippen molar-refractivity contribution < 1.29 is 0 Å². The third-order valence-electron chi connectivity index (χ3n) is 3.81. The van der Waals surface area contributed by atoms with E-state index in [1.54, 1.807) is 0 Å². The molecule has 0 bridgehead atoms. The van der Waals surface area contributed by atoms with Gasteiger partial charge < -0.3 is 5.32 Å². The molecule has 1 unspecified atom stereocenters. The number of benzene rings is 2. The van der Waals surface area contributed by atoms with Crippen LogP contribution in [0.25, 0.3) is 0 Å². The van der Waals surface area contributed by atoms with Gasteiger partial charge in [0.05, 0.1) is 6.04 Å². The van der Waals surface area contributed by atoms with Crippen molar-refractivity contribution in [1.82, 2.24) is 5.32 Å². The number of halogens is 1. The topological polar surface area (TPSA) is 12.0 Å². The van der Waals surface area contributed by atoms with Crippen molar-refractivity contribution in [2.45, 2.75) is 33.7 Å². The first kappa shape index (κ1) is 15.3. The first-order chi connectivity index (χ1) is 9.54. The smallest absolute Gasteiger partial charge is 0.0587 e. The molecule has 0 aliphatic rings. The van der Waals surface area contributed by atoms with Crippen molar-refractivity contribution in [3.63, 3.8) is 0 Å². The molecule has 0 radical (unpaired) electrons.